The van der Waals surface area contributed by atoms with Gasteiger partial charge < -0.3 is 19.3 Å². The van der Waals surface area contributed by atoms with Gasteiger partial charge in [0.1, 0.15) is 5.69 Å². The number of amides is 1. The number of piperazine rings is 2. The molecule has 3 aromatic rings. The molecule has 214 valence electrons. The molecule has 1 aromatic heterocycles. The highest BCUT2D eigenvalue weighted by atomic mass is 35.5. The Morgan fingerprint density at radius 3 is 2.42 bits per heavy atom. The van der Waals surface area contributed by atoms with Gasteiger partial charge in [-0.05, 0) is 68.1 Å². The average molecular weight is 562 g/mol. The van der Waals surface area contributed by atoms with Crippen LogP contribution in [-0.2, 0) is 20.0 Å². The fraction of sp³-hybridized carbons (Fsp3) is 0.485. The number of anilines is 2. The number of hydrogen-bond acceptors (Lipinski definition) is 4. The smallest absolute Gasteiger partial charge is 0.270 e. The summed E-state index contributed by atoms with van der Waals surface area (Å²) in [5.41, 5.74) is 7.01. The van der Waals surface area contributed by atoms with Gasteiger partial charge in [0.05, 0.1) is 10.7 Å². The maximum absolute atomic E-state index is 13.8. The van der Waals surface area contributed by atoms with Crippen LogP contribution in [0.25, 0.3) is 0 Å². The van der Waals surface area contributed by atoms with Crippen LogP contribution in [0.5, 0.6) is 0 Å². The molecule has 2 saturated heterocycles. The fourth-order valence-electron chi connectivity index (χ4n) is 6.15. The van der Waals surface area contributed by atoms with E-state index in [1.807, 2.05) is 25.2 Å². The SMILES string of the molecule is CCCCc1cccc(N2CCN(C(=O)c3cc(CN4CCN(c5ccccc5Cl)CC4)c(C)n3C)[C@H](C)C2)c1. The summed E-state index contributed by atoms with van der Waals surface area (Å²) in [6.45, 7) is 13.7. The Hall–Kier alpha value is -2.96. The van der Waals surface area contributed by atoms with Gasteiger partial charge in [-0.15, -0.1) is 0 Å². The molecule has 3 heterocycles. The van der Waals surface area contributed by atoms with Gasteiger partial charge in [-0.2, -0.15) is 0 Å². The van der Waals surface area contributed by atoms with Gasteiger partial charge in [0.25, 0.3) is 5.91 Å². The lowest BCUT2D eigenvalue weighted by atomic mass is 10.1. The molecule has 1 atom stereocenters. The van der Waals surface area contributed by atoms with Gasteiger partial charge in [0.2, 0.25) is 0 Å². The van der Waals surface area contributed by atoms with Crippen molar-refractivity contribution in [2.24, 2.45) is 7.05 Å². The molecule has 2 aliphatic rings. The molecule has 5 rings (SSSR count). The lowest BCUT2D eigenvalue weighted by molar-refractivity contribution is 0.0664. The zero-order valence-electron chi connectivity index (χ0n) is 24.6. The summed E-state index contributed by atoms with van der Waals surface area (Å²) >= 11 is 6.43. The van der Waals surface area contributed by atoms with Crippen LogP contribution in [-0.4, -0.2) is 72.1 Å². The molecule has 0 radical (unpaired) electrons. The Morgan fingerprint density at radius 1 is 0.950 bits per heavy atom. The van der Waals surface area contributed by atoms with Crippen molar-refractivity contribution in [3.05, 3.63) is 82.1 Å². The van der Waals surface area contributed by atoms with Gasteiger partial charge in [-0.3, -0.25) is 9.69 Å². The molecule has 0 spiro atoms. The summed E-state index contributed by atoms with van der Waals surface area (Å²) in [5.74, 6) is 0.143. The molecule has 7 heteroatoms. The van der Waals surface area contributed by atoms with Gasteiger partial charge in [-0.1, -0.05) is 49.2 Å². The summed E-state index contributed by atoms with van der Waals surface area (Å²) in [6.07, 6.45) is 3.56. The van der Waals surface area contributed by atoms with Crippen LogP contribution in [0.3, 0.4) is 0 Å². The third kappa shape index (κ3) is 6.18. The summed E-state index contributed by atoms with van der Waals surface area (Å²) in [4.78, 5) is 23.2. The molecular formula is C33H44ClN5O. The van der Waals surface area contributed by atoms with E-state index in [-0.39, 0.29) is 11.9 Å². The standard InChI is InChI=1S/C33H44ClN5O/c1-5-6-10-27-11-9-12-29(21-27)38-19-20-39(25(2)23-38)33(40)32-22-28(26(3)35(32)4)24-36-15-17-37(18-16-36)31-14-8-7-13-30(31)34/h7-9,11-14,21-22,25H,5-6,10,15-20,23-24H2,1-4H3/t25-/m1/s1. The number of benzene rings is 2. The Kier molecular flexibility index (Phi) is 9.07. The predicted molar refractivity (Wildman–Crippen MR) is 167 cm³/mol. The number of para-hydroxylation sites is 1. The van der Waals surface area contributed by atoms with Crippen molar-refractivity contribution in [3.8, 4) is 0 Å². The van der Waals surface area contributed by atoms with Crippen molar-refractivity contribution in [2.45, 2.75) is 52.6 Å². The van der Waals surface area contributed by atoms with Gasteiger partial charge >= 0.3 is 0 Å². The van der Waals surface area contributed by atoms with E-state index in [4.69, 9.17) is 11.6 Å². The van der Waals surface area contributed by atoms with E-state index in [9.17, 15) is 4.79 Å². The molecule has 0 unspecified atom stereocenters. The van der Waals surface area contributed by atoms with Gasteiger partial charge in [0, 0.05) is 76.8 Å². The first kappa shape index (κ1) is 28.6. The minimum Gasteiger partial charge on any atom is -0.368 e. The highest BCUT2D eigenvalue weighted by Gasteiger charge is 2.31. The van der Waals surface area contributed by atoms with Crippen LogP contribution in [0.15, 0.2) is 54.6 Å². The fourth-order valence-corrected chi connectivity index (χ4v) is 6.41. The van der Waals surface area contributed by atoms with E-state index in [0.717, 1.165) is 75.2 Å². The van der Waals surface area contributed by atoms with E-state index < -0.39 is 0 Å². The number of carbonyl (C=O) groups is 1. The number of nitrogens with zero attached hydrogens (tertiary/aromatic N) is 5. The molecule has 0 saturated carbocycles. The highest BCUT2D eigenvalue weighted by Crippen LogP contribution is 2.27. The molecule has 2 aromatic carbocycles. The zero-order valence-corrected chi connectivity index (χ0v) is 25.3. The van der Waals surface area contributed by atoms with Gasteiger partial charge in [0.15, 0.2) is 0 Å². The molecule has 0 bridgehead atoms. The predicted octanol–water partition coefficient (Wildman–Crippen LogP) is 6.00. The number of aryl methyl sites for hydroxylation is 1. The Bertz CT molecular complexity index is 1310. The molecule has 0 N–H and O–H groups in total. The Balaban J connectivity index is 1.20. The normalized spacial score (nSPS) is 18.4. The van der Waals surface area contributed by atoms with Crippen molar-refractivity contribution in [1.29, 1.82) is 0 Å². The third-order valence-corrected chi connectivity index (χ3v) is 9.12. The van der Waals surface area contributed by atoms with E-state index in [1.165, 1.54) is 35.3 Å². The van der Waals surface area contributed by atoms with Crippen molar-refractivity contribution in [3.63, 3.8) is 0 Å². The third-order valence-electron chi connectivity index (χ3n) is 8.80. The van der Waals surface area contributed by atoms with Crippen molar-refractivity contribution in [1.82, 2.24) is 14.4 Å². The van der Waals surface area contributed by atoms with E-state index in [0.29, 0.717) is 0 Å². The number of aromatic nitrogens is 1. The number of hydrogen-bond donors (Lipinski definition) is 0. The van der Waals surface area contributed by atoms with E-state index >= 15 is 0 Å². The van der Waals surface area contributed by atoms with Crippen molar-refractivity contribution < 1.29 is 4.79 Å². The van der Waals surface area contributed by atoms with E-state index in [1.54, 1.807) is 0 Å². The number of carbonyl (C=O) groups excluding carboxylic acids is 1. The quantitative estimate of drug-likeness (QED) is 0.338. The summed E-state index contributed by atoms with van der Waals surface area (Å²) < 4.78 is 2.09. The minimum absolute atomic E-state index is 0.143. The first-order valence-corrected chi connectivity index (χ1v) is 15.3. The molecule has 0 aliphatic carbocycles. The average Bonchev–Trinajstić information content (AvgIpc) is 3.25. The van der Waals surface area contributed by atoms with Crippen LogP contribution < -0.4 is 9.80 Å². The number of unbranched alkanes of at least 4 members (excludes halogenated alkanes) is 1. The second-order valence-electron chi connectivity index (χ2n) is 11.5. The zero-order chi connectivity index (χ0) is 28.2. The summed E-state index contributed by atoms with van der Waals surface area (Å²) in [7, 11) is 2.03. The van der Waals surface area contributed by atoms with Crippen LogP contribution in [0.1, 0.15) is 54.0 Å². The maximum Gasteiger partial charge on any atom is 0.270 e. The molecule has 6 nitrogen and oxygen atoms in total. The highest BCUT2D eigenvalue weighted by molar-refractivity contribution is 6.33. The summed E-state index contributed by atoms with van der Waals surface area (Å²) in [6, 6.07) is 19.3. The van der Waals surface area contributed by atoms with Crippen LogP contribution in [0.2, 0.25) is 5.02 Å². The Morgan fingerprint density at radius 2 is 1.70 bits per heavy atom. The number of rotatable bonds is 8. The summed E-state index contributed by atoms with van der Waals surface area (Å²) in [5, 5.41) is 0.813. The monoisotopic (exact) mass is 561 g/mol. The first-order chi connectivity index (χ1) is 19.4. The first-order valence-electron chi connectivity index (χ1n) is 14.9. The van der Waals surface area contributed by atoms with Crippen LogP contribution >= 0.6 is 11.6 Å². The lowest BCUT2D eigenvalue weighted by Crippen LogP contribution is -2.54. The lowest BCUT2D eigenvalue weighted by Gasteiger charge is -2.41. The Labute approximate surface area is 245 Å². The topological polar surface area (TPSA) is 35.0 Å². The molecule has 1 amide bonds. The van der Waals surface area contributed by atoms with Crippen molar-refractivity contribution in [2.75, 3.05) is 55.6 Å². The molecule has 40 heavy (non-hydrogen) atoms. The van der Waals surface area contributed by atoms with Crippen LogP contribution in [0.4, 0.5) is 11.4 Å². The molecular weight excluding hydrogens is 518 g/mol. The maximum atomic E-state index is 13.8. The van der Waals surface area contributed by atoms with Gasteiger partial charge in [-0.25, -0.2) is 0 Å². The number of halogens is 1. The second-order valence-corrected chi connectivity index (χ2v) is 11.9. The van der Waals surface area contributed by atoms with Crippen LogP contribution in [0, 0.1) is 6.92 Å². The molecule has 2 fully saturated rings. The minimum atomic E-state index is 0.143. The second kappa shape index (κ2) is 12.7. The van der Waals surface area contributed by atoms with E-state index in [2.05, 4.69) is 81.3 Å². The molecule has 2 aliphatic heterocycles. The largest absolute Gasteiger partial charge is 0.368 e. The van der Waals surface area contributed by atoms with Crippen molar-refractivity contribution >= 4 is 28.9 Å².